The van der Waals surface area contributed by atoms with Crippen LogP contribution in [-0.2, 0) is 20.9 Å². The smallest absolute Gasteiger partial charge is 0.375 e. The zero-order valence-electron chi connectivity index (χ0n) is 14.1. The molecule has 0 unspecified atom stereocenters. The SMILES string of the molecule is CCNC(=O)NC(=O)COC(=O)c1oc2ccccc2c1COCC. The molecule has 8 nitrogen and oxygen atoms in total. The second-order valence-corrected chi connectivity index (χ2v) is 5.03. The third kappa shape index (κ3) is 4.80. The van der Waals surface area contributed by atoms with Gasteiger partial charge in [-0.25, -0.2) is 9.59 Å². The molecule has 0 saturated carbocycles. The first-order chi connectivity index (χ1) is 12.1. The normalized spacial score (nSPS) is 10.5. The molecule has 0 atom stereocenters. The van der Waals surface area contributed by atoms with Gasteiger partial charge in [0.15, 0.2) is 6.61 Å². The predicted octanol–water partition coefficient (Wildman–Crippen LogP) is 1.97. The number of rotatable bonds is 7. The maximum atomic E-state index is 12.3. The lowest BCUT2D eigenvalue weighted by atomic mass is 10.1. The molecule has 2 N–H and O–H groups in total. The van der Waals surface area contributed by atoms with Crippen LogP contribution >= 0.6 is 0 Å². The van der Waals surface area contributed by atoms with Crippen molar-refractivity contribution >= 4 is 28.9 Å². The summed E-state index contributed by atoms with van der Waals surface area (Å²) in [6.45, 7) is 3.99. The number of ether oxygens (including phenoxy) is 2. The van der Waals surface area contributed by atoms with E-state index in [1.54, 1.807) is 19.1 Å². The Morgan fingerprint density at radius 1 is 1.16 bits per heavy atom. The van der Waals surface area contributed by atoms with Gasteiger partial charge in [0.05, 0.1) is 6.61 Å². The number of fused-ring (bicyclic) bond motifs is 1. The number of nitrogens with one attached hydrogen (secondary N) is 2. The number of carbonyl (C=O) groups excluding carboxylic acids is 3. The van der Waals surface area contributed by atoms with E-state index in [9.17, 15) is 14.4 Å². The molecule has 0 aliphatic carbocycles. The van der Waals surface area contributed by atoms with E-state index in [1.165, 1.54) is 0 Å². The van der Waals surface area contributed by atoms with Crippen molar-refractivity contribution in [2.24, 2.45) is 0 Å². The van der Waals surface area contributed by atoms with E-state index >= 15 is 0 Å². The van der Waals surface area contributed by atoms with Gasteiger partial charge in [-0.15, -0.1) is 0 Å². The minimum absolute atomic E-state index is 0.0135. The highest BCUT2D eigenvalue weighted by Crippen LogP contribution is 2.27. The van der Waals surface area contributed by atoms with Crippen LogP contribution < -0.4 is 10.6 Å². The zero-order chi connectivity index (χ0) is 18.2. The highest BCUT2D eigenvalue weighted by atomic mass is 16.5. The van der Waals surface area contributed by atoms with Gasteiger partial charge < -0.3 is 19.2 Å². The number of para-hydroxylation sites is 1. The van der Waals surface area contributed by atoms with Crippen molar-refractivity contribution in [3.63, 3.8) is 0 Å². The Balaban J connectivity index is 2.08. The van der Waals surface area contributed by atoms with Gasteiger partial charge in [0.2, 0.25) is 5.76 Å². The van der Waals surface area contributed by atoms with Gasteiger partial charge in [0.25, 0.3) is 5.91 Å². The molecule has 134 valence electrons. The molecule has 0 aliphatic rings. The van der Waals surface area contributed by atoms with E-state index in [-0.39, 0.29) is 12.4 Å². The third-order valence-electron chi connectivity index (χ3n) is 3.26. The van der Waals surface area contributed by atoms with Crippen LogP contribution in [0.25, 0.3) is 11.0 Å². The molecule has 0 bridgehead atoms. The largest absolute Gasteiger partial charge is 0.450 e. The van der Waals surface area contributed by atoms with Crippen LogP contribution in [0.1, 0.15) is 30.0 Å². The molecule has 1 heterocycles. The number of urea groups is 1. The summed E-state index contributed by atoms with van der Waals surface area (Å²) < 4.78 is 15.9. The van der Waals surface area contributed by atoms with Crippen molar-refractivity contribution in [3.05, 3.63) is 35.6 Å². The van der Waals surface area contributed by atoms with Crippen molar-refractivity contribution in [2.45, 2.75) is 20.5 Å². The Bertz CT molecular complexity index is 768. The van der Waals surface area contributed by atoms with Crippen LogP contribution in [0.5, 0.6) is 0 Å². The Morgan fingerprint density at radius 3 is 2.64 bits per heavy atom. The van der Waals surface area contributed by atoms with E-state index < -0.39 is 24.5 Å². The highest BCUT2D eigenvalue weighted by molar-refractivity contribution is 5.98. The van der Waals surface area contributed by atoms with E-state index in [4.69, 9.17) is 13.9 Å². The van der Waals surface area contributed by atoms with E-state index in [1.807, 2.05) is 24.4 Å². The molecular weight excluding hydrogens is 328 g/mol. The van der Waals surface area contributed by atoms with Gasteiger partial charge in [-0.05, 0) is 19.9 Å². The lowest BCUT2D eigenvalue weighted by Gasteiger charge is -2.06. The number of furan rings is 1. The monoisotopic (exact) mass is 348 g/mol. The first-order valence-electron chi connectivity index (χ1n) is 7.89. The van der Waals surface area contributed by atoms with Crippen molar-refractivity contribution in [2.75, 3.05) is 19.8 Å². The number of amides is 3. The molecule has 1 aromatic heterocycles. The molecule has 1 aromatic carbocycles. The summed E-state index contributed by atoms with van der Waals surface area (Å²) in [4.78, 5) is 35.1. The molecule has 3 amide bonds. The number of hydrogen-bond donors (Lipinski definition) is 2. The fourth-order valence-electron chi connectivity index (χ4n) is 2.18. The average Bonchev–Trinajstić information content (AvgIpc) is 2.96. The molecule has 0 saturated heterocycles. The Morgan fingerprint density at radius 2 is 1.92 bits per heavy atom. The van der Waals surface area contributed by atoms with Crippen molar-refractivity contribution in [1.82, 2.24) is 10.6 Å². The van der Waals surface area contributed by atoms with Gasteiger partial charge >= 0.3 is 12.0 Å². The Hall–Kier alpha value is -2.87. The first kappa shape index (κ1) is 18.5. The van der Waals surface area contributed by atoms with Crippen LogP contribution in [0.2, 0.25) is 0 Å². The van der Waals surface area contributed by atoms with Crippen LogP contribution in [0.4, 0.5) is 4.79 Å². The van der Waals surface area contributed by atoms with Gasteiger partial charge in [-0.2, -0.15) is 0 Å². The molecule has 0 radical (unpaired) electrons. The van der Waals surface area contributed by atoms with Gasteiger partial charge in [0.1, 0.15) is 5.58 Å². The van der Waals surface area contributed by atoms with Gasteiger partial charge in [0, 0.05) is 24.1 Å². The average molecular weight is 348 g/mol. The van der Waals surface area contributed by atoms with E-state index in [2.05, 4.69) is 5.32 Å². The topological polar surface area (TPSA) is 107 Å². The maximum absolute atomic E-state index is 12.3. The minimum atomic E-state index is -0.794. The summed E-state index contributed by atoms with van der Waals surface area (Å²) in [5, 5.41) is 5.19. The minimum Gasteiger partial charge on any atom is -0.450 e. The first-order valence-corrected chi connectivity index (χ1v) is 7.89. The molecule has 0 aliphatic heterocycles. The molecule has 8 heteroatoms. The molecular formula is C17H20N2O6. The molecule has 25 heavy (non-hydrogen) atoms. The highest BCUT2D eigenvalue weighted by Gasteiger charge is 2.22. The van der Waals surface area contributed by atoms with Crippen LogP contribution in [0.15, 0.2) is 28.7 Å². The predicted molar refractivity (Wildman–Crippen MR) is 89.0 cm³/mol. The zero-order valence-corrected chi connectivity index (χ0v) is 14.1. The van der Waals surface area contributed by atoms with Crippen LogP contribution in [-0.4, -0.2) is 37.7 Å². The fourth-order valence-corrected chi connectivity index (χ4v) is 2.18. The summed E-state index contributed by atoms with van der Waals surface area (Å²) in [6, 6.07) is 6.49. The Kier molecular flexibility index (Phi) is 6.53. The quantitative estimate of drug-likeness (QED) is 0.741. The summed E-state index contributed by atoms with van der Waals surface area (Å²) in [7, 11) is 0. The van der Waals surface area contributed by atoms with Crippen LogP contribution in [0.3, 0.4) is 0 Å². The molecule has 2 rings (SSSR count). The summed E-state index contributed by atoms with van der Waals surface area (Å²) in [5.74, 6) is -1.54. The van der Waals surface area contributed by atoms with Gasteiger partial charge in [-0.3, -0.25) is 10.1 Å². The van der Waals surface area contributed by atoms with Gasteiger partial charge in [-0.1, -0.05) is 18.2 Å². The third-order valence-corrected chi connectivity index (χ3v) is 3.26. The summed E-state index contributed by atoms with van der Waals surface area (Å²) in [5.41, 5.74) is 1.09. The number of esters is 1. The molecule has 0 spiro atoms. The van der Waals surface area contributed by atoms with Crippen molar-refractivity contribution in [1.29, 1.82) is 0 Å². The van der Waals surface area contributed by atoms with Crippen molar-refractivity contribution in [3.8, 4) is 0 Å². The second-order valence-electron chi connectivity index (χ2n) is 5.03. The number of carbonyl (C=O) groups is 3. The number of hydrogen-bond acceptors (Lipinski definition) is 6. The summed E-state index contributed by atoms with van der Waals surface area (Å²) in [6.07, 6.45) is 0. The van der Waals surface area contributed by atoms with E-state index in [0.29, 0.717) is 24.3 Å². The molecule has 2 aromatic rings. The maximum Gasteiger partial charge on any atom is 0.375 e. The lowest BCUT2D eigenvalue weighted by molar-refractivity contribution is -0.123. The fraction of sp³-hybridized carbons (Fsp3) is 0.353. The van der Waals surface area contributed by atoms with Crippen molar-refractivity contribution < 1.29 is 28.3 Å². The molecule has 0 fully saturated rings. The number of benzene rings is 1. The second kappa shape index (κ2) is 8.84. The van der Waals surface area contributed by atoms with Crippen LogP contribution in [0, 0.1) is 0 Å². The number of imide groups is 1. The van der Waals surface area contributed by atoms with E-state index in [0.717, 1.165) is 5.39 Å². The lowest BCUT2D eigenvalue weighted by Crippen LogP contribution is -2.41. The standard InChI is InChI=1S/C17H20N2O6/c1-3-18-17(22)19-14(20)10-24-16(21)15-12(9-23-4-2)11-7-5-6-8-13(11)25-15/h5-8H,3-4,9-10H2,1-2H3,(H2,18,19,20,22). The summed E-state index contributed by atoms with van der Waals surface area (Å²) >= 11 is 0. The Labute approximate surface area is 144 Å².